The number of aryl methyl sites for hydroxylation is 1. The number of hydrogen-bond acceptors (Lipinski definition) is 4. The fraction of sp³-hybridized carbons (Fsp3) is 0.417. The molecule has 1 aliphatic heterocycles. The van der Waals surface area contributed by atoms with Crippen LogP contribution in [0.4, 0.5) is 11.4 Å². The van der Waals surface area contributed by atoms with Gasteiger partial charge in [-0.2, -0.15) is 0 Å². The summed E-state index contributed by atoms with van der Waals surface area (Å²) in [7, 11) is -3.75. The van der Waals surface area contributed by atoms with Crippen LogP contribution in [0.2, 0.25) is 0 Å². The Labute approximate surface area is 189 Å². The van der Waals surface area contributed by atoms with Crippen molar-refractivity contribution >= 4 is 33.2 Å². The number of nitrogens with one attached hydrogen (secondary N) is 2. The highest BCUT2D eigenvalue weighted by atomic mass is 32.2. The van der Waals surface area contributed by atoms with Crippen molar-refractivity contribution in [1.82, 2.24) is 4.72 Å². The van der Waals surface area contributed by atoms with Crippen molar-refractivity contribution in [2.24, 2.45) is 5.92 Å². The molecule has 4 rings (SSSR count). The van der Waals surface area contributed by atoms with Gasteiger partial charge in [0.25, 0.3) is 0 Å². The number of amides is 2. The molecule has 2 amide bonds. The molecule has 1 heterocycles. The largest absolute Gasteiger partial charge is 0.326 e. The Morgan fingerprint density at radius 1 is 1.09 bits per heavy atom. The summed E-state index contributed by atoms with van der Waals surface area (Å²) in [4.78, 5) is 26.7. The summed E-state index contributed by atoms with van der Waals surface area (Å²) in [6.07, 6.45) is 3.46. The van der Waals surface area contributed by atoms with Crippen LogP contribution in [0, 0.1) is 5.92 Å². The smallest absolute Gasteiger partial charge is 0.240 e. The summed E-state index contributed by atoms with van der Waals surface area (Å²) in [6.45, 7) is 4.05. The maximum absolute atomic E-state index is 12.7. The molecule has 2 aromatic rings. The summed E-state index contributed by atoms with van der Waals surface area (Å²) < 4.78 is 28.0. The molecule has 0 aromatic heterocycles. The van der Waals surface area contributed by atoms with E-state index in [-0.39, 0.29) is 41.6 Å². The van der Waals surface area contributed by atoms with E-state index in [1.165, 1.54) is 11.6 Å². The Morgan fingerprint density at radius 3 is 2.47 bits per heavy atom. The first-order valence-electron chi connectivity index (χ1n) is 11.1. The molecule has 2 aromatic carbocycles. The number of fused-ring (bicyclic) bond motifs is 1. The van der Waals surface area contributed by atoms with Gasteiger partial charge in [-0.15, -0.1) is 0 Å². The molecule has 7 nitrogen and oxygen atoms in total. The van der Waals surface area contributed by atoms with E-state index >= 15 is 0 Å². The Balaban J connectivity index is 1.35. The molecule has 0 spiro atoms. The lowest BCUT2D eigenvalue weighted by Gasteiger charge is -2.22. The highest BCUT2D eigenvalue weighted by molar-refractivity contribution is 7.89. The van der Waals surface area contributed by atoms with Gasteiger partial charge < -0.3 is 10.2 Å². The monoisotopic (exact) mass is 455 g/mol. The van der Waals surface area contributed by atoms with Crippen LogP contribution in [-0.2, 0) is 32.5 Å². The number of hydrogen-bond donors (Lipinski definition) is 2. The maximum atomic E-state index is 12.7. The summed E-state index contributed by atoms with van der Waals surface area (Å²) in [5, 5.41) is 2.78. The normalized spacial score (nSPS) is 17.8. The second-order valence-electron chi connectivity index (χ2n) is 8.57. The van der Waals surface area contributed by atoms with E-state index in [4.69, 9.17) is 0 Å². The van der Waals surface area contributed by atoms with Gasteiger partial charge in [-0.1, -0.05) is 19.1 Å². The van der Waals surface area contributed by atoms with Crippen LogP contribution in [0.3, 0.4) is 0 Å². The predicted octanol–water partition coefficient (Wildman–Crippen LogP) is 3.24. The summed E-state index contributed by atoms with van der Waals surface area (Å²) in [6, 6.07) is 12.5. The van der Waals surface area contributed by atoms with E-state index < -0.39 is 10.0 Å². The summed E-state index contributed by atoms with van der Waals surface area (Å²) in [5.41, 5.74) is 3.54. The molecular weight excluding hydrogens is 426 g/mol. The third kappa shape index (κ3) is 4.86. The van der Waals surface area contributed by atoms with Crippen LogP contribution in [-0.4, -0.2) is 32.8 Å². The standard InChI is InChI=1S/C24H29N3O4S/c1-3-17-4-8-20(9-5-17)26-23(28)12-13-25-32(30,31)21-10-11-22-19(15-21)14-16(2)27(22)24(29)18-6-7-18/h4-5,8-11,15-16,18,25H,3,6-7,12-14H2,1-2H3,(H,26,28)/t16-/m1/s1. The zero-order valence-electron chi connectivity index (χ0n) is 18.4. The van der Waals surface area contributed by atoms with E-state index in [2.05, 4.69) is 17.0 Å². The van der Waals surface area contributed by atoms with Crippen molar-refractivity contribution in [3.8, 4) is 0 Å². The minimum absolute atomic E-state index is 0.000981. The number of carbonyl (C=O) groups excluding carboxylic acids is 2. The minimum Gasteiger partial charge on any atom is -0.326 e. The van der Waals surface area contributed by atoms with Crippen molar-refractivity contribution in [2.75, 3.05) is 16.8 Å². The number of sulfonamides is 1. The fourth-order valence-electron chi connectivity index (χ4n) is 4.07. The molecule has 2 N–H and O–H groups in total. The van der Waals surface area contributed by atoms with Crippen LogP contribution in [0.1, 0.15) is 44.2 Å². The number of benzene rings is 2. The van der Waals surface area contributed by atoms with E-state index in [0.717, 1.165) is 30.5 Å². The van der Waals surface area contributed by atoms with Gasteiger partial charge in [0.1, 0.15) is 0 Å². The van der Waals surface area contributed by atoms with Gasteiger partial charge in [0.2, 0.25) is 21.8 Å². The third-order valence-electron chi connectivity index (χ3n) is 6.03. The molecule has 1 fully saturated rings. The van der Waals surface area contributed by atoms with Crippen LogP contribution in [0.15, 0.2) is 47.4 Å². The molecule has 0 unspecified atom stereocenters. The fourth-order valence-corrected chi connectivity index (χ4v) is 5.15. The lowest BCUT2D eigenvalue weighted by Crippen LogP contribution is -2.36. The van der Waals surface area contributed by atoms with Crippen molar-refractivity contribution < 1.29 is 18.0 Å². The molecule has 1 atom stereocenters. The summed E-state index contributed by atoms with van der Waals surface area (Å²) >= 11 is 0. The number of anilines is 2. The zero-order valence-corrected chi connectivity index (χ0v) is 19.2. The van der Waals surface area contributed by atoms with Gasteiger partial charge in [0.05, 0.1) is 4.90 Å². The van der Waals surface area contributed by atoms with Crippen molar-refractivity contribution in [1.29, 1.82) is 0 Å². The molecule has 0 radical (unpaired) electrons. The molecule has 8 heteroatoms. The highest BCUT2D eigenvalue weighted by Crippen LogP contribution is 2.39. The van der Waals surface area contributed by atoms with Gasteiger partial charge in [-0.3, -0.25) is 9.59 Å². The van der Waals surface area contributed by atoms with Crippen LogP contribution < -0.4 is 14.9 Å². The van der Waals surface area contributed by atoms with Crippen molar-refractivity contribution in [3.05, 3.63) is 53.6 Å². The van der Waals surface area contributed by atoms with Gasteiger partial charge in [-0.25, -0.2) is 13.1 Å². The van der Waals surface area contributed by atoms with Crippen molar-refractivity contribution in [3.63, 3.8) is 0 Å². The van der Waals surface area contributed by atoms with Gasteiger partial charge in [0.15, 0.2) is 0 Å². The molecule has 1 saturated carbocycles. The first kappa shape index (κ1) is 22.5. The first-order valence-corrected chi connectivity index (χ1v) is 12.6. The average Bonchev–Trinajstić information content (AvgIpc) is 3.55. The lowest BCUT2D eigenvalue weighted by atomic mass is 10.1. The number of rotatable bonds is 8. The molecule has 0 bridgehead atoms. The Bertz CT molecular complexity index is 1120. The Hall–Kier alpha value is -2.71. The third-order valence-corrected chi connectivity index (χ3v) is 7.49. The van der Waals surface area contributed by atoms with E-state index in [0.29, 0.717) is 12.1 Å². The van der Waals surface area contributed by atoms with Crippen LogP contribution in [0.25, 0.3) is 0 Å². The quantitative estimate of drug-likeness (QED) is 0.639. The summed E-state index contributed by atoms with van der Waals surface area (Å²) in [5.74, 6) is -0.00140. The molecule has 1 aliphatic carbocycles. The molecular formula is C24H29N3O4S. The van der Waals surface area contributed by atoms with Crippen LogP contribution >= 0.6 is 0 Å². The maximum Gasteiger partial charge on any atom is 0.240 e. The SMILES string of the molecule is CCc1ccc(NC(=O)CCNS(=O)(=O)c2ccc3c(c2)C[C@@H](C)N3C(=O)C2CC2)cc1. The topological polar surface area (TPSA) is 95.6 Å². The number of carbonyl (C=O) groups is 2. The second-order valence-corrected chi connectivity index (χ2v) is 10.3. The predicted molar refractivity (Wildman–Crippen MR) is 124 cm³/mol. The molecule has 0 saturated heterocycles. The Kier molecular flexibility index (Phi) is 6.35. The van der Waals surface area contributed by atoms with E-state index in [1.54, 1.807) is 12.1 Å². The highest BCUT2D eigenvalue weighted by Gasteiger charge is 2.39. The lowest BCUT2D eigenvalue weighted by molar-refractivity contribution is -0.120. The number of nitrogens with zero attached hydrogens (tertiary/aromatic N) is 1. The van der Waals surface area contributed by atoms with Crippen LogP contribution in [0.5, 0.6) is 0 Å². The van der Waals surface area contributed by atoms with Gasteiger partial charge in [0, 0.05) is 36.3 Å². The van der Waals surface area contributed by atoms with Gasteiger partial charge >= 0.3 is 0 Å². The van der Waals surface area contributed by atoms with E-state index in [9.17, 15) is 18.0 Å². The van der Waals surface area contributed by atoms with Crippen molar-refractivity contribution in [2.45, 2.75) is 56.9 Å². The molecule has 32 heavy (non-hydrogen) atoms. The molecule has 2 aliphatic rings. The van der Waals surface area contributed by atoms with E-state index in [1.807, 2.05) is 36.1 Å². The molecule has 170 valence electrons. The second kappa shape index (κ2) is 9.03. The zero-order chi connectivity index (χ0) is 22.9. The first-order chi connectivity index (χ1) is 15.3. The Morgan fingerprint density at radius 2 is 1.81 bits per heavy atom. The average molecular weight is 456 g/mol. The minimum atomic E-state index is -3.75. The van der Waals surface area contributed by atoms with Gasteiger partial charge in [-0.05, 0) is 74.1 Å².